The Bertz CT molecular complexity index is 974. The van der Waals surface area contributed by atoms with Gasteiger partial charge in [-0.3, -0.25) is 14.5 Å². The van der Waals surface area contributed by atoms with Gasteiger partial charge in [0.25, 0.3) is 5.91 Å². The van der Waals surface area contributed by atoms with E-state index >= 15 is 0 Å². The third kappa shape index (κ3) is 4.83. The molecule has 3 amide bonds. The molecule has 11 heteroatoms. The van der Waals surface area contributed by atoms with Gasteiger partial charge in [-0.25, -0.2) is 4.79 Å². The Hall–Kier alpha value is -2.79. The third-order valence-electron chi connectivity index (χ3n) is 5.28. The Morgan fingerprint density at radius 3 is 2.62 bits per heavy atom. The fourth-order valence-corrected chi connectivity index (χ4v) is 4.87. The highest BCUT2D eigenvalue weighted by Crippen LogP contribution is 2.36. The monoisotopic (exact) mass is 477 g/mol. The van der Waals surface area contributed by atoms with Crippen molar-refractivity contribution in [3.8, 4) is 11.5 Å². The average Bonchev–Trinajstić information content (AvgIpc) is 3.36. The fourth-order valence-electron chi connectivity index (χ4n) is 3.57. The molecule has 0 bridgehead atoms. The van der Waals surface area contributed by atoms with Crippen molar-refractivity contribution in [3.05, 3.63) is 28.7 Å². The summed E-state index contributed by atoms with van der Waals surface area (Å²) in [5.41, 5.74) is 0.810. The SMILES string of the molecule is CCOC(=O)N1CCN(C(=O)CCN2C(=O)/C(=C/c3ccc4c(c3)OCO4)SC2=S)CC1. The average molecular weight is 478 g/mol. The van der Waals surface area contributed by atoms with Gasteiger partial charge in [0, 0.05) is 39.1 Å². The van der Waals surface area contributed by atoms with E-state index in [1.54, 1.807) is 28.9 Å². The van der Waals surface area contributed by atoms with E-state index in [9.17, 15) is 14.4 Å². The van der Waals surface area contributed by atoms with Crippen LogP contribution in [0.25, 0.3) is 6.08 Å². The van der Waals surface area contributed by atoms with E-state index in [1.165, 1.54) is 16.7 Å². The topological polar surface area (TPSA) is 88.6 Å². The number of hydrogen-bond acceptors (Lipinski definition) is 8. The largest absolute Gasteiger partial charge is 0.454 e. The van der Waals surface area contributed by atoms with E-state index in [0.29, 0.717) is 53.5 Å². The van der Waals surface area contributed by atoms with E-state index in [0.717, 1.165) is 5.56 Å². The third-order valence-corrected chi connectivity index (χ3v) is 6.65. The van der Waals surface area contributed by atoms with Crippen molar-refractivity contribution >= 4 is 52.3 Å². The molecule has 0 N–H and O–H groups in total. The fraction of sp³-hybridized carbons (Fsp3) is 0.429. The van der Waals surface area contributed by atoms with Crippen molar-refractivity contribution in [3.63, 3.8) is 0 Å². The predicted molar refractivity (Wildman–Crippen MR) is 122 cm³/mol. The van der Waals surface area contributed by atoms with E-state index in [-0.39, 0.29) is 37.7 Å². The molecule has 0 aliphatic carbocycles. The molecule has 3 aliphatic heterocycles. The van der Waals surface area contributed by atoms with Crippen molar-refractivity contribution in [1.82, 2.24) is 14.7 Å². The van der Waals surface area contributed by atoms with Gasteiger partial charge in [0.05, 0.1) is 11.5 Å². The second-order valence-corrected chi connectivity index (χ2v) is 8.94. The Morgan fingerprint density at radius 2 is 1.88 bits per heavy atom. The van der Waals surface area contributed by atoms with Gasteiger partial charge in [-0.05, 0) is 30.7 Å². The van der Waals surface area contributed by atoms with Gasteiger partial charge in [-0.1, -0.05) is 30.0 Å². The van der Waals surface area contributed by atoms with Crippen LogP contribution in [0.3, 0.4) is 0 Å². The van der Waals surface area contributed by atoms with Gasteiger partial charge in [0.15, 0.2) is 11.5 Å². The highest BCUT2D eigenvalue weighted by atomic mass is 32.2. The van der Waals surface area contributed by atoms with Crippen LogP contribution in [0.5, 0.6) is 11.5 Å². The first-order valence-electron chi connectivity index (χ1n) is 10.3. The first-order valence-corrected chi connectivity index (χ1v) is 11.5. The molecule has 0 unspecified atom stereocenters. The lowest BCUT2D eigenvalue weighted by Gasteiger charge is -2.34. The van der Waals surface area contributed by atoms with Crippen LogP contribution >= 0.6 is 24.0 Å². The highest BCUT2D eigenvalue weighted by Gasteiger charge is 2.33. The molecule has 2 saturated heterocycles. The molecule has 1 aromatic carbocycles. The lowest BCUT2D eigenvalue weighted by atomic mass is 10.2. The van der Waals surface area contributed by atoms with E-state index in [1.807, 2.05) is 12.1 Å². The summed E-state index contributed by atoms with van der Waals surface area (Å²) in [7, 11) is 0. The van der Waals surface area contributed by atoms with Crippen LogP contribution in [0.4, 0.5) is 4.79 Å². The van der Waals surface area contributed by atoms with Gasteiger partial charge >= 0.3 is 6.09 Å². The number of piperazine rings is 1. The van der Waals surface area contributed by atoms with E-state index in [2.05, 4.69) is 0 Å². The van der Waals surface area contributed by atoms with Crippen LogP contribution in [0.15, 0.2) is 23.1 Å². The zero-order valence-electron chi connectivity index (χ0n) is 17.6. The zero-order chi connectivity index (χ0) is 22.7. The Labute approximate surface area is 195 Å². The second-order valence-electron chi connectivity index (χ2n) is 7.26. The number of fused-ring (bicyclic) bond motifs is 1. The Morgan fingerprint density at radius 1 is 1.16 bits per heavy atom. The lowest BCUT2D eigenvalue weighted by Crippen LogP contribution is -2.51. The minimum absolute atomic E-state index is 0.0673. The summed E-state index contributed by atoms with van der Waals surface area (Å²) in [5, 5.41) is 0. The second kappa shape index (κ2) is 9.78. The summed E-state index contributed by atoms with van der Waals surface area (Å²) in [5.74, 6) is 1.04. The Balaban J connectivity index is 1.30. The van der Waals surface area contributed by atoms with Crippen molar-refractivity contribution in [2.24, 2.45) is 0 Å². The number of hydrogen-bond donors (Lipinski definition) is 0. The molecule has 3 aliphatic rings. The van der Waals surface area contributed by atoms with Crippen LogP contribution in [0.1, 0.15) is 18.9 Å². The standard InChI is InChI=1S/C21H23N3O6S2/c1-2-28-20(27)23-9-7-22(8-10-23)18(25)5-6-24-19(26)17(32-21(24)31)12-14-3-4-15-16(11-14)30-13-29-15/h3-4,11-12H,2,5-10,13H2,1H3/b17-12-. The minimum Gasteiger partial charge on any atom is -0.454 e. The van der Waals surface area contributed by atoms with Crippen LogP contribution < -0.4 is 9.47 Å². The number of carbonyl (C=O) groups is 3. The van der Waals surface area contributed by atoms with Gasteiger partial charge in [0.1, 0.15) is 4.32 Å². The smallest absolute Gasteiger partial charge is 0.409 e. The number of thiocarbonyl (C=S) groups is 1. The molecule has 0 atom stereocenters. The number of amides is 3. The van der Waals surface area contributed by atoms with Gasteiger partial charge < -0.3 is 24.0 Å². The summed E-state index contributed by atoms with van der Waals surface area (Å²) >= 11 is 6.59. The molecule has 0 saturated carbocycles. The normalized spacial score (nSPS) is 19.2. The number of rotatable bonds is 5. The molecule has 3 heterocycles. The molecule has 170 valence electrons. The summed E-state index contributed by atoms with van der Waals surface area (Å²) in [4.78, 5) is 42.5. The zero-order valence-corrected chi connectivity index (χ0v) is 19.2. The van der Waals surface area contributed by atoms with E-state index < -0.39 is 0 Å². The molecule has 32 heavy (non-hydrogen) atoms. The van der Waals surface area contributed by atoms with Crippen molar-refractivity contribution < 1.29 is 28.6 Å². The molecule has 9 nitrogen and oxygen atoms in total. The maximum atomic E-state index is 12.8. The number of nitrogens with zero attached hydrogens (tertiary/aromatic N) is 3. The summed E-state index contributed by atoms with van der Waals surface area (Å²) < 4.78 is 16.1. The summed E-state index contributed by atoms with van der Waals surface area (Å²) in [6.07, 6.45) is 1.58. The molecule has 0 aromatic heterocycles. The van der Waals surface area contributed by atoms with Crippen LogP contribution in [0, 0.1) is 0 Å². The van der Waals surface area contributed by atoms with Gasteiger partial charge in [0.2, 0.25) is 12.7 Å². The number of carbonyl (C=O) groups excluding carboxylic acids is 3. The molecule has 0 spiro atoms. The quantitative estimate of drug-likeness (QED) is 0.472. The summed E-state index contributed by atoms with van der Waals surface area (Å²) in [6.45, 7) is 4.25. The van der Waals surface area contributed by atoms with Crippen molar-refractivity contribution in [2.75, 3.05) is 46.1 Å². The maximum Gasteiger partial charge on any atom is 0.409 e. The first-order chi connectivity index (χ1) is 15.5. The van der Waals surface area contributed by atoms with Crippen LogP contribution in [-0.4, -0.2) is 83.1 Å². The first kappa shape index (κ1) is 22.4. The van der Waals surface area contributed by atoms with Crippen LogP contribution in [0.2, 0.25) is 0 Å². The predicted octanol–water partition coefficient (Wildman–Crippen LogP) is 2.31. The van der Waals surface area contributed by atoms with E-state index in [4.69, 9.17) is 26.4 Å². The number of benzene rings is 1. The van der Waals surface area contributed by atoms with Crippen LogP contribution in [-0.2, 0) is 14.3 Å². The molecular weight excluding hydrogens is 454 g/mol. The molecular formula is C21H23N3O6S2. The number of ether oxygens (including phenoxy) is 3. The van der Waals surface area contributed by atoms with Gasteiger partial charge in [-0.15, -0.1) is 0 Å². The lowest BCUT2D eigenvalue weighted by molar-refractivity contribution is -0.133. The molecule has 0 radical (unpaired) electrons. The van der Waals surface area contributed by atoms with Crippen molar-refractivity contribution in [1.29, 1.82) is 0 Å². The minimum atomic E-state index is -0.355. The van der Waals surface area contributed by atoms with Gasteiger partial charge in [-0.2, -0.15) is 0 Å². The molecule has 1 aromatic rings. The Kier molecular flexibility index (Phi) is 6.85. The number of thioether (sulfide) groups is 1. The maximum absolute atomic E-state index is 12.8. The van der Waals surface area contributed by atoms with Crippen molar-refractivity contribution in [2.45, 2.75) is 13.3 Å². The molecule has 4 rings (SSSR count). The highest BCUT2D eigenvalue weighted by molar-refractivity contribution is 8.26. The summed E-state index contributed by atoms with van der Waals surface area (Å²) in [6, 6.07) is 5.46. The molecule has 2 fully saturated rings.